The van der Waals surface area contributed by atoms with E-state index in [2.05, 4.69) is 14.7 Å². The van der Waals surface area contributed by atoms with E-state index in [1.165, 1.54) is 11.5 Å². The number of aryl methyl sites for hydroxylation is 1. The third-order valence-corrected chi connectivity index (χ3v) is 3.40. The number of carbonyl (C=O) groups excluding carboxylic acids is 1. The minimum Gasteiger partial charge on any atom is -0.376 e. The lowest BCUT2D eigenvalue weighted by molar-refractivity contribution is -0.128. The fourth-order valence-electron chi connectivity index (χ4n) is 1.66. The zero-order valence-corrected chi connectivity index (χ0v) is 11.3. The Balaban J connectivity index is 1.74. The predicted octanol–water partition coefficient (Wildman–Crippen LogP) is 1.37. The lowest BCUT2D eigenvalue weighted by Crippen LogP contribution is -2.30. The summed E-state index contributed by atoms with van der Waals surface area (Å²) in [6.07, 6.45) is 1.69. The zero-order chi connectivity index (χ0) is 13.0. The number of aromatic nitrogens is 2. The van der Waals surface area contributed by atoms with Crippen molar-refractivity contribution in [3.05, 3.63) is 5.82 Å². The molecular formula is C11H17N3O3S. The van der Waals surface area contributed by atoms with E-state index in [4.69, 9.17) is 9.47 Å². The van der Waals surface area contributed by atoms with Crippen molar-refractivity contribution in [1.82, 2.24) is 9.36 Å². The molecular weight excluding hydrogens is 254 g/mol. The van der Waals surface area contributed by atoms with Crippen molar-refractivity contribution in [3.63, 3.8) is 0 Å². The second-order valence-electron chi connectivity index (χ2n) is 4.25. The molecule has 7 heteroatoms. The molecule has 0 bridgehead atoms. The Bertz CT molecular complexity index is 404. The van der Waals surface area contributed by atoms with Crippen LogP contribution in [0.4, 0.5) is 5.13 Å². The van der Waals surface area contributed by atoms with E-state index in [-0.39, 0.29) is 12.0 Å². The molecule has 2 atom stereocenters. The quantitative estimate of drug-likeness (QED) is 0.875. The van der Waals surface area contributed by atoms with E-state index in [0.717, 1.165) is 19.4 Å². The maximum absolute atomic E-state index is 11.8. The van der Waals surface area contributed by atoms with Crippen LogP contribution in [0.2, 0.25) is 0 Å². The molecule has 1 aromatic heterocycles. The number of nitrogens with zero attached hydrogens (tertiary/aromatic N) is 2. The first kappa shape index (κ1) is 13.4. The Kier molecular flexibility index (Phi) is 4.62. The molecule has 0 aromatic carbocycles. The molecule has 6 nitrogen and oxygen atoms in total. The summed E-state index contributed by atoms with van der Waals surface area (Å²) in [5.74, 6) is 0.451. The van der Waals surface area contributed by atoms with Crippen molar-refractivity contribution < 1.29 is 14.3 Å². The fourth-order valence-corrected chi connectivity index (χ4v) is 2.24. The molecule has 2 heterocycles. The van der Waals surface area contributed by atoms with Crippen LogP contribution in [0, 0.1) is 6.92 Å². The number of ether oxygens (including phenoxy) is 2. The van der Waals surface area contributed by atoms with Crippen molar-refractivity contribution in [2.24, 2.45) is 0 Å². The number of hydrogen-bond donors (Lipinski definition) is 1. The first-order valence-corrected chi connectivity index (χ1v) is 6.77. The SMILES string of the molecule is Cc1nsc(NC(=O)C(C)OCC2CCCO2)n1. The van der Waals surface area contributed by atoms with Gasteiger partial charge >= 0.3 is 0 Å². The van der Waals surface area contributed by atoms with Crippen LogP contribution in [-0.4, -0.2) is 40.7 Å². The molecule has 0 saturated carbocycles. The topological polar surface area (TPSA) is 73.3 Å². The highest BCUT2D eigenvalue weighted by molar-refractivity contribution is 7.09. The second-order valence-corrected chi connectivity index (χ2v) is 5.00. The average Bonchev–Trinajstić information content (AvgIpc) is 2.97. The molecule has 2 unspecified atom stereocenters. The third-order valence-electron chi connectivity index (χ3n) is 2.68. The Hall–Kier alpha value is -1.05. The zero-order valence-electron chi connectivity index (χ0n) is 10.5. The molecule has 1 saturated heterocycles. The van der Waals surface area contributed by atoms with Crippen LogP contribution in [0.5, 0.6) is 0 Å². The molecule has 2 rings (SSSR count). The van der Waals surface area contributed by atoms with Crippen LogP contribution in [0.1, 0.15) is 25.6 Å². The molecule has 18 heavy (non-hydrogen) atoms. The van der Waals surface area contributed by atoms with Crippen LogP contribution in [-0.2, 0) is 14.3 Å². The molecule has 1 amide bonds. The Morgan fingerprint density at radius 1 is 1.72 bits per heavy atom. The number of nitrogens with one attached hydrogen (secondary N) is 1. The van der Waals surface area contributed by atoms with Gasteiger partial charge in [-0.15, -0.1) is 0 Å². The summed E-state index contributed by atoms with van der Waals surface area (Å²) in [7, 11) is 0. The van der Waals surface area contributed by atoms with Crippen LogP contribution >= 0.6 is 11.5 Å². The van der Waals surface area contributed by atoms with E-state index >= 15 is 0 Å². The summed E-state index contributed by atoms with van der Waals surface area (Å²) < 4.78 is 14.9. The van der Waals surface area contributed by atoms with Gasteiger partial charge in [0.15, 0.2) is 0 Å². The highest BCUT2D eigenvalue weighted by Crippen LogP contribution is 2.14. The number of amides is 1. The Labute approximate surface area is 110 Å². The predicted molar refractivity (Wildman–Crippen MR) is 67.7 cm³/mol. The molecule has 0 radical (unpaired) electrons. The van der Waals surface area contributed by atoms with Gasteiger partial charge in [-0.1, -0.05) is 0 Å². The monoisotopic (exact) mass is 271 g/mol. The molecule has 0 spiro atoms. The van der Waals surface area contributed by atoms with E-state index in [1.807, 2.05) is 0 Å². The van der Waals surface area contributed by atoms with Gasteiger partial charge in [0.05, 0.1) is 12.7 Å². The summed E-state index contributed by atoms with van der Waals surface area (Å²) in [6.45, 7) is 4.75. The molecule has 1 aliphatic heterocycles. The normalized spacial score (nSPS) is 20.9. The average molecular weight is 271 g/mol. The Morgan fingerprint density at radius 2 is 2.56 bits per heavy atom. The largest absolute Gasteiger partial charge is 0.376 e. The van der Waals surface area contributed by atoms with E-state index in [0.29, 0.717) is 17.6 Å². The van der Waals surface area contributed by atoms with Gasteiger partial charge in [-0.2, -0.15) is 4.37 Å². The first-order chi connectivity index (χ1) is 8.65. The molecule has 0 aliphatic carbocycles. The second kappa shape index (κ2) is 6.21. The van der Waals surface area contributed by atoms with Crippen molar-refractivity contribution in [3.8, 4) is 0 Å². The molecule has 1 fully saturated rings. The van der Waals surface area contributed by atoms with Crippen molar-refractivity contribution >= 4 is 22.6 Å². The first-order valence-electron chi connectivity index (χ1n) is 5.99. The van der Waals surface area contributed by atoms with Crippen LogP contribution in [0.3, 0.4) is 0 Å². The minimum absolute atomic E-state index is 0.129. The summed E-state index contributed by atoms with van der Waals surface area (Å²) in [6, 6.07) is 0. The highest BCUT2D eigenvalue weighted by Gasteiger charge is 2.20. The van der Waals surface area contributed by atoms with Gasteiger partial charge in [-0.05, 0) is 26.7 Å². The summed E-state index contributed by atoms with van der Waals surface area (Å²) in [5, 5.41) is 3.18. The highest BCUT2D eigenvalue weighted by atomic mass is 32.1. The van der Waals surface area contributed by atoms with Gasteiger partial charge in [-0.3, -0.25) is 10.1 Å². The molecule has 1 aromatic rings. The summed E-state index contributed by atoms with van der Waals surface area (Å²) in [5.41, 5.74) is 0. The van der Waals surface area contributed by atoms with Gasteiger partial charge in [0.25, 0.3) is 5.91 Å². The van der Waals surface area contributed by atoms with Crippen LogP contribution in [0.25, 0.3) is 0 Å². The van der Waals surface area contributed by atoms with E-state index < -0.39 is 6.10 Å². The number of hydrogen-bond acceptors (Lipinski definition) is 6. The van der Waals surface area contributed by atoms with E-state index in [1.54, 1.807) is 13.8 Å². The van der Waals surface area contributed by atoms with Gasteiger partial charge in [-0.25, -0.2) is 4.98 Å². The van der Waals surface area contributed by atoms with Gasteiger partial charge in [0.1, 0.15) is 11.9 Å². The fraction of sp³-hybridized carbons (Fsp3) is 0.727. The van der Waals surface area contributed by atoms with Crippen LogP contribution < -0.4 is 5.32 Å². The maximum Gasteiger partial charge on any atom is 0.255 e. The maximum atomic E-state index is 11.8. The molecule has 1 aliphatic rings. The minimum atomic E-state index is -0.515. The smallest absolute Gasteiger partial charge is 0.255 e. The molecule has 1 N–H and O–H groups in total. The third kappa shape index (κ3) is 3.72. The van der Waals surface area contributed by atoms with Crippen molar-refractivity contribution in [2.45, 2.75) is 38.9 Å². The van der Waals surface area contributed by atoms with Crippen LogP contribution in [0.15, 0.2) is 0 Å². The van der Waals surface area contributed by atoms with Gasteiger partial charge < -0.3 is 9.47 Å². The summed E-state index contributed by atoms with van der Waals surface area (Å²) >= 11 is 1.17. The van der Waals surface area contributed by atoms with Crippen molar-refractivity contribution in [2.75, 3.05) is 18.5 Å². The summed E-state index contributed by atoms with van der Waals surface area (Å²) in [4.78, 5) is 15.9. The van der Waals surface area contributed by atoms with Gasteiger partial charge in [0.2, 0.25) is 5.13 Å². The number of carbonyl (C=O) groups is 1. The standard InChI is InChI=1S/C11H17N3O3S/c1-7(17-6-9-4-3-5-16-9)10(15)13-11-12-8(2)14-18-11/h7,9H,3-6H2,1-2H3,(H,12,13,14,15). The Morgan fingerprint density at radius 3 is 3.17 bits per heavy atom. The lowest BCUT2D eigenvalue weighted by Gasteiger charge is -2.15. The number of rotatable bonds is 5. The lowest BCUT2D eigenvalue weighted by atomic mass is 10.2. The van der Waals surface area contributed by atoms with Gasteiger partial charge in [0, 0.05) is 18.1 Å². The van der Waals surface area contributed by atoms with E-state index in [9.17, 15) is 4.79 Å². The number of anilines is 1. The molecule has 100 valence electrons. The van der Waals surface area contributed by atoms with Crippen molar-refractivity contribution in [1.29, 1.82) is 0 Å².